The van der Waals surface area contributed by atoms with E-state index in [1.165, 1.54) is 11.1 Å². The smallest absolute Gasteiger partial charge is 0.239 e. The minimum Gasteiger partial charge on any atom is -0.354 e. The van der Waals surface area contributed by atoms with Crippen molar-refractivity contribution in [3.05, 3.63) is 35.4 Å². The Kier molecular flexibility index (Phi) is 9.01. The Hall–Kier alpha value is -1.59. The number of amides is 2. The van der Waals surface area contributed by atoms with E-state index in [0.717, 1.165) is 0 Å². The third kappa shape index (κ3) is 6.49. The standard InChI is InChI=1S/C18H29N3O2.ClH/c1-12(2)16(19)17(23)20-10-15(22)21-11-18(4,5)14-9-7-6-8-13(14)3;/h6-9,12,16H,10-11,19H2,1-5H3,(H,20,23)(H,21,22);1H/t16-;/m0./s1. The first-order valence-corrected chi connectivity index (χ1v) is 8.01. The summed E-state index contributed by atoms with van der Waals surface area (Å²) in [5.74, 6) is -0.470. The fourth-order valence-corrected chi connectivity index (χ4v) is 2.40. The highest BCUT2D eigenvalue weighted by molar-refractivity contribution is 5.87. The first-order chi connectivity index (χ1) is 10.6. The molecule has 0 aliphatic rings. The second kappa shape index (κ2) is 9.64. The molecule has 0 bridgehead atoms. The van der Waals surface area contributed by atoms with Crippen LogP contribution in [0.2, 0.25) is 0 Å². The summed E-state index contributed by atoms with van der Waals surface area (Å²) < 4.78 is 0. The second-order valence-corrected chi connectivity index (χ2v) is 6.96. The van der Waals surface area contributed by atoms with Crippen LogP contribution in [0.1, 0.15) is 38.8 Å². The summed E-state index contributed by atoms with van der Waals surface area (Å²) in [6.07, 6.45) is 0. The molecule has 1 rings (SSSR count). The quantitative estimate of drug-likeness (QED) is 0.698. The lowest BCUT2D eigenvalue weighted by atomic mass is 9.82. The molecule has 0 fully saturated rings. The van der Waals surface area contributed by atoms with Crippen LogP contribution in [0, 0.1) is 12.8 Å². The molecule has 1 atom stereocenters. The van der Waals surface area contributed by atoms with Crippen LogP contribution < -0.4 is 16.4 Å². The molecule has 0 radical (unpaired) electrons. The van der Waals surface area contributed by atoms with Gasteiger partial charge in [-0.25, -0.2) is 0 Å². The monoisotopic (exact) mass is 355 g/mol. The van der Waals surface area contributed by atoms with Crippen molar-refractivity contribution in [2.75, 3.05) is 13.1 Å². The van der Waals surface area contributed by atoms with E-state index in [9.17, 15) is 9.59 Å². The van der Waals surface area contributed by atoms with Gasteiger partial charge in [0.25, 0.3) is 0 Å². The zero-order valence-corrected chi connectivity index (χ0v) is 16.0. The molecule has 0 aliphatic heterocycles. The molecule has 136 valence electrons. The van der Waals surface area contributed by atoms with E-state index >= 15 is 0 Å². The fourth-order valence-electron chi connectivity index (χ4n) is 2.40. The van der Waals surface area contributed by atoms with Crippen LogP contribution in [0.4, 0.5) is 0 Å². The highest BCUT2D eigenvalue weighted by atomic mass is 35.5. The van der Waals surface area contributed by atoms with Gasteiger partial charge in [0.05, 0.1) is 12.6 Å². The van der Waals surface area contributed by atoms with Gasteiger partial charge in [-0.15, -0.1) is 12.4 Å². The van der Waals surface area contributed by atoms with E-state index in [1.54, 1.807) is 0 Å². The lowest BCUT2D eigenvalue weighted by molar-refractivity contribution is -0.127. The van der Waals surface area contributed by atoms with E-state index in [0.29, 0.717) is 6.54 Å². The summed E-state index contributed by atoms with van der Waals surface area (Å²) in [6, 6.07) is 7.55. The van der Waals surface area contributed by atoms with E-state index in [2.05, 4.69) is 43.5 Å². The average Bonchev–Trinajstić information content (AvgIpc) is 2.50. The van der Waals surface area contributed by atoms with Gasteiger partial charge >= 0.3 is 0 Å². The molecule has 4 N–H and O–H groups in total. The van der Waals surface area contributed by atoms with Crippen LogP contribution in [0.5, 0.6) is 0 Å². The van der Waals surface area contributed by atoms with E-state index < -0.39 is 6.04 Å². The summed E-state index contributed by atoms with van der Waals surface area (Å²) in [5.41, 5.74) is 7.95. The van der Waals surface area contributed by atoms with Crippen LogP contribution in [0.3, 0.4) is 0 Å². The van der Waals surface area contributed by atoms with Crippen LogP contribution in [-0.4, -0.2) is 30.9 Å². The number of hydrogen-bond donors (Lipinski definition) is 3. The Morgan fingerprint density at radius 3 is 2.29 bits per heavy atom. The number of rotatable bonds is 7. The van der Waals surface area contributed by atoms with Gasteiger partial charge in [0.15, 0.2) is 0 Å². The van der Waals surface area contributed by atoms with Crippen LogP contribution in [0.15, 0.2) is 24.3 Å². The number of carbonyl (C=O) groups is 2. The third-order valence-electron chi connectivity index (χ3n) is 4.05. The largest absolute Gasteiger partial charge is 0.354 e. The molecule has 1 aromatic rings. The Bertz CT molecular complexity index is 559. The topological polar surface area (TPSA) is 84.2 Å². The van der Waals surface area contributed by atoms with Crippen molar-refractivity contribution in [1.82, 2.24) is 10.6 Å². The second-order valence-electron chi connectivity index (χ2n) is 6.96. The summed E-state index contributed by atoms with van der Waals surface area (Å²) in [6.45, 7) is 10.4. The maximum Gasteiger partial charge on any atom is 0.239 e. The van der Waals surface area contributed by atoms with Gasteiger partial charge < -0.3 is 16.4 Å². The highest BCUT2D eigenvalue weighted by Crippen LogP contribution is 2.25. The van der Waals surface area contributed by atoms with Crippen molar-refractivity contribution >= 4 is 24.2 Å². The Balaban J connectivity index is 0.00000529. The normalized spacial score (nSPS) is 12.3. The predicted octanol–water partition coefficient (Wildman–Crippen LogP) is 1.91. The highest BCUT2D eigenvalue weighted by Gasteiger charge is 2.23. The molecular formula is C18H30ClN3O2. The lowest BCUT2D eigenvalue weighted by Gasteiger charge is -2.27. The minimum absolute atomic E-state index is 0. The molecule has 0 aromatic heterocycles. The molecule has 2 amide bonds. The molecule has 0 spiro atoms. The van der Waals surface area contributed by atoms with Crippen molar-refractivity contribution in [2.45, 2.75) is 46.1 Å². The van der Waals surface area contributed by atoms with Crippen molar-refractivity contribution in [3.8, 4) is 0 Å². The molecule has 0 saturated carbocycles. The van der Waals surface area contributed by atoms with Gasteiger partial charge in [-0.1, -0.05) is 52.0 Å². The molecule has 0 aliphatic carbocycles. The average molecular weight is 356 g/mol. The zero-order chi connectivity index (χ0) is 17.6. The Morgan fingerprint density at radius 2 is 1.75 bits per heavy atom. The third-order valence-corrected chi connectivity index (χ3v) is 4.05. The molecule has 1 aromatic carbocycles. The first kappa shape index (κ1) is 22.4. The van der Waals surface area contributed by atoms with Crippen molar-refractivity contribution < 1.29 is 9.59 Å². The maximum atomic E-state index is 11.9. The van der Waals surface area contributed by atoms with Crippen molar-refractivity contribution in [1.29, 1.82) is 0 Å². The maximum absolute atomic E-state index is 11.9. The number of aryl methyl sites for hydroxylation is 1. The summed E-state index contributed by atoms with van der Waals surface area (Å²) in [7, 11) is 0. The molecule has 0 saturated heterocycles. The summed E-state index contributed by atoms with van der Waals surface area (Å²) in [5, 5.41) is 5.45. The number of halogens is 1. The first-order valence-electron chi connectivity index (χ1n) is 8.01. The number of nitrogens with one attached hydrogen (secondary N) is 2. The Morgan fingerprint density at radius 1 is 1.17 bits per heavy atom. The van der Waals surface area contributed by atoms with E-state index in [-0.39, 0.29) is 42.1 Å². The summed E-state index contributed by atoms with van der Waals surface area (Å²) in [4.78, 5) is 23.7. The van der Waals surface area contributed by atoms with Crippen molar-refractivity contribution in [2.24, 2.45) is 11.7 Å². The van der Waals surface area contributed by atoms with Gasteiger partial charge in [0, 0.05) is 12.0 Å². The molecule has 0 heterocycles. The number of benzene rings is 1. The molecule has 6 heteroatoms. The van der Waals surface area contributed by atoms with Crippen LogP contribution in [-0.2, 0) is 15.0 Å². The number of nitrogens with two attached hydrogens (primary N) is 1. The molecule has 5 nitrogen and oxygen atoms in total. The van der Waals surface area contributed by atoms with Crippen LogP contribution >= 0.6 is 12.4 Å². The molecular weight excluding hydrogens is 326 g/mol. The van der Waals surface area contributed by atoms with Crippen molar-refractivity contribution in [3.63, 3.8) is 0 Å². The van der Waals surface area contributed by atoms with E-state index in [1.807, 2.05) is 26.0 Å². The number of carbonyl (C=O) groups excluding carboxylic acids is 2. The lowest BCUT2D eigenvalue weighted by Crippen LogP contribution is -2.48. The van der Waals surface area contributed by atoms with Gasteiger partial charge in [-0.3, -0.25) is 9.59 Å². The number of hydrogen-bond acceptors (Lipinski definition) is 3. The summed E-state index contributed by atoms with van der Waals surface area (Å²) >= 11 is 0. The Labute approximate surface area is 151 Å². The van der Waals surface area contributed by atoms with E-state index in [4.69, 9.17) is 5.73 Å². The molecule has 24 heavy (non-hydrogen) atoms. The molecule has 0 unspecified atom stereocenters. The predicted molar refractivity (Wildman–Crippen MR) is 100 cm³/mol. The fraction of sp³-hybridized carbons (Fsp3) is 0.556. The van der Waals surface area contributed by atoms with Gasteiger partial charge in [0.1, 0.15) is 0 Å². The van der Waals surface area contributed by atoms with Gasteiger partial charge in [-0.05, 0) is 24.0 Å². The minimum atomic E-state index is -0.591. The van der Waals surface area contributed by atoms with Crippen LogP contribution in [0.25, 0.3) is 0 Å². The SMILES string of the molecule is Cc1ccccc1C(C)(C)CNC(=O)CNC(=O)[C@@H](N)C(C)C.Cl. The van der Waals surface area contributed by atoms with Gasteiger partial charge in [-0.2, -0.15) is 0 Å². The van der Waals surface area contributed by atoms with Gasteiger partial charge in [0.2, 0.25) is 11.8 Å². The zero-order valence-electron chi connectivity index (χ0n) is 15.2.